The van der Waals surface area contributed by atoms with E-state index in [-0.39, 0.29) is 0 Å². The molecule has 0 amide bonds. The Morgan fingerprint density at radius 3 is 2.81 bits per heavy atom. The van der Waals surface area contributed by atoms with Crippen LogP contribution in [0.3, 0.4) is 0 Å². The smallest absolute Gasteiger partial charge is 0.326 e. The van der Waals surface area contributed by atoms with Crippen molar-refractivity contribution in [2.75, 3.05) is 11.4 Å². The molecule has 2 aromatic rings. The predicted octanol–water partition coefficient (Wildman–Crippen LogP) is 1.90. The van der Waals surface area contributed by atoms with Crippen LogP contribution in [-0.2, 0) is 4.79 Å². The van der Waals surface area contributed by atoms with E-state index in [0.717, 1.165) is 17.7 Å². The van der Waals surface area contributed by atoms with Crippen LogP contribution >= 0.6 is 0 Å². The first-order valence-corrected chi connectivity index (χ1v) is 6.90. The van der Waals surface area contributed by atoms with E-state index in [1.165, 1.54) is 0 Å². The lowest BCUT2D eigenvalue weighted by atomic mass is 10.2. The van der Waals surface area contributed by atoms with E-state index >= 15 is 0 Å². The number of nitrogens with zero attached hydrogens (tertiary/aromatic N) is 4. The molecule has 1 fully saturated rings. The van der Waals surface area contributed by atoms with E-state index in [9.17, 15) is 9.90 Å². The van der Waals surface area contributed by atoms with Gasteiger partial charge in [-0.3, -0.25) is 4.98 Å². The summed E-state index contributed by atoms with van der Waals surface area (Å²) in [5, 5.41) is 9.31. The minimum Gasteiger partial charge on any atom is -0.480 e. The van der Waals surface area contributed by atoms with Crippen LogP contribution in [0, 0.1) is 6.92 Å². The topological polar surface area (TPSA) is 79.2 Å². The number of hydrogen-bond acceptors (Lipinski definition) is 5. The molecule has 6 nitrogen and oxygen atoms in total. The Hall–Kier alpha value is -2.50. The van der Waals surface area contributed by atoms with Gasteiger partial charge in [-0.2, -0.15) is 0 Å². The summed E-state index contributed by atoms with van der Waals surface area (Å²) >= 11 is 0. The second-order valence-corrected chi connectivity index (χ2v) is 5.12. The fourth-order valence-electron chi connectivity index (χ4n) is 2.63. The largest absolute Gasteiger partial charge is 0.480 e. The highest BCUT2D eigenvalue weighted by molar-refractivity contribution is 5.78. The van der Waals surface area contributed by atoms with Crippen molar-refractivity contribution in [1.82, 2.24) is 15.0 Å². The van der Waals surface area contributed by atoms with Gasteiger partial charge in [0.15, 0.2) is 5.82 Å². The standard InChI is InChI=1S/C15H16N4O2/c1-10-9-13(19-8-2-3-12(19)15(20)21)18-14(17-10)11-4-6-16-7-5-11/h4-7,9,12H,2-3,8H2,1H3,(H,20,21). The normalized spacial score (nSPS) is 18.0. The molecule has 2 aromatic heterocycles. The lowest BCUT2D eigenvalue weighted by Crippen LogP contribution is -2.36. The first-order chi connectivity index (χ1) is 10.1. The van der Waals surface area contributed by atoms with Gasteiger partial charge in [0.05, 0.1) is 0 Å². The number of carboxylic acids is 1. The number of carboxylic acid groups (broad SMARTS) is 1. The van der Waals surface area contributed by atoms with E-state index < -0.39 is 12.0 Å². The molecule has 21 heavy (non-hydrogen) atoms. The van der Waals surface area contributed by atoms with Gasteiger partial charge in [0, 0.05) is 36.3 Å². The molecule has 3 rings (SSSR count). The molecule has 1 atom stereocenters. The van der Waals surface area contributed by atoms with Crippen LogP contribution in [0.2, 0.25) is 0 Å². The van der Waals surface area contributed by atoms with Crippen LogP contribution < -0.4 is 4.90 Å². The Morgan fingerprint density at radius 1 is 1.33 bits per heavy atom. The van der Waals surface area contributed by atoms with Crippen molar-refractivity contribution >= 4 is 11.8 Å². The maximum absolute atomic E-state index is 11.3. The molecule has 1 unspecified atom stereocenters. The molecule has 0 spiro atoms. The lowest BCUT2D eigenvalue weighted by molar-refractivity contribution is -0.138. The van der Waals surface area contributed by atoms with Gasteiger partial charge in [-0.1, -0.05) is 0 Å². The Bertz CT molecular complexity index is 660. The zero-order chi connectivity index (χ0) is 14.8. The molecule has 1 saturated heterocycles. The molecular formula is C15H16N4O2. The molecule has 0 aliphatic carbocycles. The zero-order valence-corrected chi connectivity index (χ0v) is 11.7. The monoisotopic (exact) mass is 284 g/mol. The van der Waals surface area contributed by atoms with Gasteiger partial charge in [-0.05, 0) is 31.9 Å². The maximum atomic E-state index is 11.3. The minimum absolute atomic E-state index is 0.496. The van der Waals surface area contributed by atoms with Crippen molar-refractivity contribution in [3.8, 4) is 11.4 Å². The Morgan fingerprint density at radius 2 is 2.10 bits per heavy atom. The van der Waals surface area contributed by atoms with Gasteiger partial charge in [0.25, 0.3) is 0 Å². The molecular weight excluding hydrogens is 268 g/mol. The Kier molecular flexibility index (Phi) is 3.51. The summed E-state index contributed by atoms with van der Waals surface area (Å²) in [6, 6.07) is 5.03. The first-order valence-electron chi connectivity index (χ1n) is 6.90. The molecule has 0 bridgehead atoms. The third-order valence-corrected chi connectivity index (χ3v) is 3.61. The minimum atomic E-state index is -0.797. The highest BCUT2D eigenvalue weighted by Gasteiger charge is 2.31. The van der Waals surface area contributed by atoms with Crippen LogP contribution in [0.25, 0.3) is 11.4 Å². The van der Waals surface area contributed by atoms with E-state index in [1.807, 2.05) is 30.0 Å². The highest BCUT2D eigenvalue weighted by Crippen LogP contribution is 2.26. The van der Waals surface area contributed by atoms with E-state index in [2.05, 4.69) is 15.0 Å². The van der Waals surface area contributed by atoms with Gasteiger partial charge >= 0.3 is 5.97 Å². The van der Waals surface area contributed by atoms with Crippen molar-refractivity contribution in [3.63, 3.8) is 0 Å². The molecule has 3 heterocycles. The molecule has 6 heteroatoms. The average molecular weight is 284 g/mol. The van der Waals surface area contributed by atoms with Crippen molar-refractivity contribution in [2.24, 2.45) is 0 Å². The molecule has 1 N–H and O–H groups in total. The van der Waals surface area contributed by atoms with Crippen LogP contribution in [-0.4, -0.2) is 38.6 Å². The van der Waals surface area contributed by atoms with Gasteiger partial charge in [0.1, 0.15) is 11.9 Å². The fraction of sp³-hybridized carbons (Fsp3) is 0.333. The van der Waals surface area contributed by atoms with Gasteiger partial charge in [-0.15, -0.1) is 0 Å². The summed E-state index contributed by atoms with van der Waals surface area (Å²) in [5.41, 5.74) is 1.70. The molecule has 1 aliphatic rings. The zero-order valence-electron chi connectivity index (χ0n) is 11.7. The quantitative estimate of drug-likeness (QED) is 0.927. The van der Waals surface area contributed by atoms with Crippen LogP contribution in [0.4, 0.5) is 5.82 Å². The van der Waals surface area contributed by atoms with Crippen molar-refractivity contribution in [1.29, 1.82) is 0 Å². The Balaban J connectivity index is 2.00. The molecule has 0 aromatic carbocycles. The molecule has 108 valence electrons. The summed E-state index contributed by atoms with van der Waals surface area (Å²) in [6.07, 6.45) is 4.90. The summed E-state index contributed by atoms with van der Waals surface area (Å²) < 4.78 is 0. The van der Waals surface area contributed by atoms with Crippen LogP contribution in [0.15, 0.2) is 30.6 Å². The summed E-state index contributed by atoms with van der Waals surface area (Å²) in [6.45, 7) is 2.60. The van der Waals surface area contributed by atoms with Crippen LogP contribution in [0.5, 0.6) is 0 Å². The lowest BCUT2D eigenvalue weighted by Gasteiger charge is -2.23. The number of anilines is 1. The summed E-state index contributed by atoms with van der Waals surface area (Å²) in [4.78, 5) is 26.1. The maximum Gasteiger partial charge on any atom is 0.326 e. The SMILES string of the molecule is Cc1cc(N2CCCC2C(=O)O)nc(-c2ccncc2)n1. The Labute approximate surface area is 122 Å². The van der Waals surface area contributed by atoms with E-state index in [4.69, 9.17) is 0 Å². The second kappa shape index (κ2) is 5.47. The number of hydrogen-bond donors (Lipinski definition) is 1. The number of aliphatic carboxylic acids is 1. The molecule has 0 radical (unpaired) electrons. The predicted molar refractivity (Wildman–Crippen MR) is 78.0 cm³/mol. The number of pyridine rings is 1. The van der Waals surface area contributed by atoms with Crippen molar-refractivity contribution < 1.29 is 9.90 Å². The first kappa shape index (κ1) is 13.5. The third-order valence-electron chi connectivity index (χ3n) is 3.61. The third kappa shape index (κ3) is 2.69. The number of carbonyl (C=O) groups is 1. The van der Waals surface area contributed by atoms with Gasteiger partial charge in [0.2, 0.25) is 0 Å². The number of aromatic nitrogens is 3. The van der Waals surface area contributed by atoms with E-state index in [0.29, 0.717) is 24.6 Å². The molecule has 1 aliphatic heterocycles. The second-order valence-electron chi connectivity index (χ2n) is 5.12. The van der Waals surface area contributed by atoms with Crippen molar-refractivity contribution in [3.05, 3.63) is 36.3 Å². The van der Waals surface area contributed by atoms with E-state index in [1.54, 1.807) is 12.4 Å². The number of aryl methyl sites for hydroxylation is 1. The fourth-order valence-corrected chi connectivity index (χ4v) is 2.63. The average Bonchev–Trinajstić information content (AvgIpc) is 2.97. The summed E-state index contributed by atoms with van der Waals surface area (Å²) in [5.74, 6) is 0.483. The summed E-state index contributed by atoms with van der Waals surface area (Å²) in [7, 11) is 0. The van der Waals surface area contributed by atoms with Gasteiger partial charge < -0.3 is 10.0 Å². The highest BCUT2D eigenvalue weighted by atomic mass is 16.4. The van der Waals surface area contributed by atoms with Crippen molar-refractivity contribution in [2.45, 2.75) is 25.8 Å². The van der Waals surface area contributed by atoms with Crippen LogP contribution in [0.1, 0.15) is 18.5 Å². The number of rotatable bonds is 3. The van der Waals surface area contributed by atoms with Gasteiger partial charge in [-0.25, -0.2) is 14.8 Å². The molecule has 0 saturated carbocycles.